The molecule has 1 aliphatic heterocycles. The van der Waals surface area contributed by atoms with Crippen LogP contribution in [0.5, 0.6) is 0 Å². The van der Waals surface area contributed by atoms with Crippen molar-refractivity contribution >= 4 is 44.9 Å². The summed E-state index contributed by atoms with van der Waals surface area (Å²) in [5, 5.41) is 8.63. The summed E-state index contributed by atoms with van der Waals surface area (Å²) in [5.41, 5.74) is 2.76. The van der Waals surface area contributed by atoms with E-state index in [-0.39, 0.29) is 11.9 Å². The topological polar surface area (TPSA) is 73.5 Å². The number of para-hydroxylation sites is 1. The average molecular weight is 459 g/mol. The minimum Gasteiger partial charge on any atom is -0.371 e. The van der Waals surface area contributed by atoms with Gasteiger partial charge in [0, 0.05) is 35.5 Å². The molecule has 0 spiro atoms. The Morgan fingerprint density at radius 2 is 1.79 bits per heavy atom. The van der Waals surface area contributed by atoms with Gasteiger partial charge >= 0.3 is 6.03 Å². The molecule has 1 fully saturated rings. The van der Waals surface area contributed by atoms with Gasteiger partial charge in [0.05, 0.1) is 11.3 Å². The van der Waals surface area contributed by atoms with Gasteiger partial charge in [0.25, 0.3) is 5.91 Å². The Balaban J connectivity index is 1.78. The molecule has 3 rings (SSSR count). The highest BCUT2D eigenvalue weighted by atomic mass is 79.9. The van der Waals surface area contributed by atoms with E-state index < -0.39 is 0 Å². The number of carbonyl (C=O) groups is 2. The Morgan fingerprint density at radius 3 is 2.48 bits per heavy atom. The van der Waals surface area contributed by atoms with Crippen molar-refractivity contribution in [1.29, 1.82) is 0 Å². The minimum absolute atomic E-state index is 0.115. The summed E-state index contributed by atoms with van der Waals surface area (Å²) in [6.45, 7) is 6.62. The smallest absolute Gasteiger partial charge is 0.323 e. The molecule has 2 aromatic rings. The standard InChI is InChI=1S/C22H27BrN4O2/c1-15(2)14-24-21(28)17-13-16(9-10-20(17)27-11-5-6-12-27)25-22(29)26-19-8-4-3-7-18(19)23/h3-4,7-10,13,15H,5-6,11-12,14H2,1-2H3,(H,24,28)(H2,25,26,29). The zero-order valence-corrected chi connectivity index (χ0v) is 18.4. The maximum atomic E-state index is 12.8. The van der Waals surface area contributed by atoms with Crippen LogP contribution in [0.3, 0.4) is 0 Å². The Labute approximate surface area is 180 Å². The summed E-state index contributed by atoms with van der Waals surface area (Å²) in [6, 6.07) is 12.6. The number of nitrogens with one attached hydrogen (secondary N) is 3. The number of halogens is 1. The van der Waals surface area contributed by atoms with Crippen LogP contribution in [0.2, 0.25) is 0 Å². The van der Waals surface area contributed by atoms with Crippen LogP contribution in [0.4, 0.5) is 21.9 Å². The van der Waals surface area contributed by atoms with E-state index in [0.717, 1.165) is 36.1 Å². The molecule has 0 aromatic heterocycles. The predicted octanol–water partition coefficient (Wildman–Crippen LogP) is 5.08. The van der Waals surface area contributed by atoms with Crippen molar-refractivity contribution in [2.75, 3.05) is 35.2 Å². The van der Waals surface area contributed by atoms with E-state index in [9.17, 15) is 9.59 Å². The fraction of sp³-hybridized carbons (Fsp3) is 0.364. The van der Waals surface area contributed by atoms with Gasteiger partial charge in [-0.2, -0.15) is 0 Å². The molecule has 154 valence electrons. The second-order valence-corrected chi connectivity index (χ2v) is 8.44. The zero-order valence-electron chi connectivity index (χ0n) is 16.8. The molecule has 1 heterocycles. The number of hydrogen-bond acceptors (Lipinski definition) is 3. The van der Waals surface area contributed by atoms with Crippen LogP contribution in [0, 0.1) is 5.92 Å². The van der Waals surface area contributed by atoms with Gasteiger partial charge in [-0.05, 0) is 65.0 Å². The summed E-state index contributed by atoms with van der Waals surface area (Å²) in [6.07, 6.45) is 2.25. The first-order valence-corrected chi connectivity index (χ1v) is 10.7. The highest BCUT2D eigenvalue weighted by Gasteiger charge is 2.20. The van der Waals surface area contributed by atoms with Crippen LogP contribution >= 0.6 is 15.9 Å². The van der Waals surface area contributed by atoms with Crippen molar-refractivity contribution in [2.24, 2.45) is 5.92 Å². The zero-order chi connectivity index (χ0) is 20.8. The lowest BCUT2D eigenvalue weighted by molar-refractivity contribution is 0.0949. The Kier molecular flexibility index (Phi) is 7.14. The monoisotopic (exact) mass is 458 g/mol. The molecule has 0 aliphatic carbocycles. The highest BCUT2D eigenvalue weighted by molar-refractivity contribution is 9.10. The molecule has 1 aliphatic rings. The second-order valence-electron chi connectivity index (χ2n) is 7.59. The van der Waals surface area contributed by atoms with Crippen LogP contribution in [0.25, 0.3) is 0 Å². The van der Waals surface area contributed by atoms with Gasteiger partial charge in [0.1, 0.15) is 0 Å². The Morgan fingerprint density at radius 1 is 1.07 bits per heavy atom. The molecule has 0 unspecified atom stereocenters. The van der Waals surface area contributed by atoms with Gasteiger partial charge in [-0.3, -0.25) is 4.79 Å². The van der Waals surface area contributed by atoms with E-state index in [1.54, 1.807) is 6.07 Å². The summed E-state index contributed by atoms with van der Waals surface area (Å²) in [7, 11) is 0. The molecule has 3 N–H and O–H groups in total. The molecule has 1 saturated heterocycles. The van der Waals surface area contributed by atoms with Crippen LogP contribution < -0.4 is 20.9 Å². The number of hydrogen-bond donors (Lipinski definition) is 3. The van der Waals surface area contributed by atoms with Crippen LogP contribution in [-0.2, 0) is 0 Å². The van der Waals surface area contributed by atoms with Gasteiger partial charge in [-0.1, -0.05) is 26.0 Å². The second kappa shape index (κ2) is 9.78. The lowest BCUT2D eigenvalue weighted by atomic mass is 10.1. The number of nitrogens with zero attached hydrogens (tertiary/aromatic N) is 1. The summed E-state index contributed by atoms with van der Waals surface area (Å²) < 4.78 is 0.799. The van der Waals surface area contributed by atoms with E-state index in [4.69, 9.17) is 0 Å². The molecule has 0 bridgehead atoms. The third-order valence-electron chi connectivity index (χ3n) is 4.74. The lowest BCUT2D eigenvalue weighted by Gasteiger charge is -2.22. The van der Waals surface area contributed by atoms with Crippen molar-refractivity contribution < 1.29 is 9.59 Å². The SMILES string of the molecule is CC(C)CNC(=O)c1cc(NC(=O)Nc2ccccc2Br)ccc1N1CCCC1. The van der Waals surface area contributed by atoms with E-state index in [2.05, 4.69) is 50.6 Å². The number of urea groups is 1. The quantitative estimate of drug-likeness (QED) is 0.564. The number of anilines is 3. The first-order chi connectivity index (χ1) is 13.9. The fourth-order valence-electron chi connectivity index (χ4n) is 3.27. The predicted molar refractivity (Wildman–Crippen MR) is 122 cm³/mol. The third kappa shape index (κ3) is 5.73. The van der Waals surface area contributed by atoms with E-state index in [1.165, 1.54) is 0 Å². The summed E-state index contributed by atoms with van der Waals surface area (Å²) in [5.74, 6) is 0.251. The van der Waals surface area contributed by atoms with Crippen molar-refractivity contribution in [3.63, 3.8) is 0 Å². The van der Waals surface area contributed by atoms with Crippen LogP contribution in [0.15, 0.2) is 46.9 Å². The molecule has 7 heteroatoms. The molecule has 6 nitrogen and oxygen atoms in total. The summed E-state index contributed by atoms with van der Waals surface area (Å²) >= 11 is 3.42. The number of benzene rings is 2. The molecule has 29 heavy (non-hydrogen) atoms. The van der Waals surface area contributed by atoms with Gasteiger partial charge in [0.15, 0.2) is 0 Å². The molecule has 3 amide bonds. The van der Waals surface area contributed by atoms with Crippen molar-refractivity contribution in [3.05, 3.63) is 52.5 Å². The maximum absolute atomic E-state index is 12.8. The minimum atomic E-state index is -0.362. The lowest BCUT2D eigenvalue weighted by Crippen LogP contribution is -2.30. The first-order valence-electron chi connectivity index (χ1n) is 9.94. The first kappa shape index (κ1) is 21.2. The number of carbonyl (C=O) groups excluding carboxylic acids is 2. The van der Waals surface area contributed by atoms with Crippen molar-refractivity contribution in [1.82, 2.24) is 5.32 Å². The molecule has 2 aromatic carbocycles. The Hall–Kier alpha value is -2.54. The largest absolute Gasteiger partial charge is 0.371 e. The number of amides is 3. The van der Waals surface area contributed by atoms with Crippen molar-refractivity contribution in [3.8, 4) is 0 Å². The maximum Gasteiger partial charge on any atom is 0.323 e. The highest BCUT2D eigenvalue weighted by Crippen LogP contribution is 2.28. The fourth-order valence-corrected chi connectivity index (χ4v) is 3.65. The molecule has 0 saturated carbocycles. The van der Waals surface area contributed by atoms with Gasteiger partial charge in [-0.15, -0.1) is 0 Å². The van der Waals surface area contributed by atoms with E-state index in [1.807, 2.05) is 36.4 Å². The van der Waals surface area contributed by atoms with Crippen molar-refractivity contribution in [2.45, 2.75) is 26.7 Å². The van der Waals surface area contributed by atoms with Gasteiger partial charge in [0.2, 0.25) is 0 Å². The normalized spacial score (nSPS) is 13.4. The molecular weight excluding hydrogens is 432 g/mol. The number of rotatable bonds is 6. The van der Waals surface area contributed by atoms with Crippen LogP contribution in [0.1, 0.15) is 37.0 Å². The van der Waals surface area contributed by atoms with E-state index >= 15 is 0 Å². The average Bonchev–Trinajstić information content (AvgIpc) is 3.22. The Bertz CT molecular complexity index is 879. The van der Waals surface area contributed by atoms with Gasteiger partial charge in [-0.25, -0.2) is 4.79 Å². The van der Waals surface area contributed by atoms with Gasteiger partial charge < -0.3 is 20.9 Å². The third-order valence-corrected chi connectivity index (χ3v) is 5.43. The molecule has 0 atom stereocenters. The van der Waals surface area contributed by atoms with Crippen LogP contribution in [-0.4, -0.2) is 31.6 Å². The van der Waals surface area contributed by atoms with E-state index in [0.29, 0.717) is 29.4 Å². The summed E-state index contributed by atoms with van der Waals surface area (Å²) in [4.78, 5) is 27.5. The molecular formula is C22H27BrN4O2. The molecule has 0 radical (unpaired) electrons.